The fourth-order valence-electron chi connectivity index (χ4n) is 1.28. The molecule has 0 aliphatic heterocycles. The van der Waals surface area contributed by atoms with Crippen LogP contribution in [0.15, 0.2) is 6.07 Å². The molecule has 0 bridgehead atoms. The molecule has 13 heavy (non-hydrogen) atoms. The Kier molecular flexibility index (Phi) is 2.85. The van der Waals surface area contributed by atoms with Gasteiger partial charge in [0.1, 0.15) is 5.75 Å². The van der Waals surface area contributed by atoms with E-state index in [-0.39, 0.29) is 11.2 Å². The van der Waals surface area contributed by atoms with Crippen molar-refractivity contribution in [1.29, 1.82) is 0 Å². The molecular weight excluding hydrogens is 190 g/mol. The fourth-order valence-corrected chi connectivity index (χ4v) is 1.43. The van der Waals surface area contributed by atoms with Gasteiger partial charge >= 0.3 is 7.12 Å². The predicted octanol–water partition coefficient (Wildman–Crippen LogP) is 0.342. The Bertz CT molecular complexity index is 339. The summed E-state index contributed by atoms with van der Waals surface area (Å²) in [6, 6.07) is 1.41. The van der Waals surface area contributed by atoms with Gasteiger partial charge in [-0.05, 0) is 31.0 Å². The van der Waals surface area contributed by atoms with Crippen LogP contribution in [-0.4, -0.2) is 22.3 Å². The zero-order chi connectivity index (χ0) is 10.2. The van der Waals surface area contributed by atoms with E-state index in [1.165, 1.54) is 6.07 Å². The molecule has 70 valence electrons. The molecule has 0 heterocycles. The summed E-state index contributed by atoms with van der Waals surface area (Å²) >= 11 is 5.87. The van der Waals surface area contributed by atoms with Crippen LogP contribution in [-0.2, 0) is 0 Å². The van der Waals surface area contributed by atoms with Gasteiger partial charge in [-0.2, -0.15) is 0 Å². The van der Waals surface area contributed by atoms with Gasteiger partial charge in [0.2, 0.25) is 0 Å². The maximum absolute atomic E-state index is 9.39. The summed E-state index contributed by atoms with van der Waals surface area (Å²) in [5.74, 6) is -0.144. The third kappa shape index (κ3) is 1.80. The van der Waals surface area contributed by atoms with Gasteiger partial charge in [0.25, 0.3) is 0 Å². The SMILES string of the molecule is Cc1cc(O)c(B(O)O)c(C)c1Cl. The summed E-state index contributed by atoms with van der Waals surface area (Å²) in [7, 11) is -1.70. The summed E-state index contributed by atoms with van der Waals surface area (Å²) in [6.45, 7) is 3.37. The molecule has 0 radical (unpaired) electrons. The van der Waals surface area contributed by atoms with Crippen LogP contribution in [0.5, 0.6) is 5.75 Å². The van der Waals surface area contributed by atoms with Gasteiger partial charge in [-0.3, -0.25) is 0 Å². The summed E-state index contributed by atoms with van der Waals surface area (Å²) < 4.78 is 0. The molecule has 1 rings (SSSR count). The van der Waals surface area contributed by atoms with E-state index in [0.29, 0.717) is 16.1 Å². The number of rotatable bonds is 1. The minimum absolute atomic E-state index is 0.0654. The first-order chi connectivity index (χ1) is 5.95. The largest absolute Gasteiger partial charge is 0.508 e. The van der Waals surface area contributed by atoms with Crippen molar-refractivity contribution in [2.45, 2.75) is 13.8 Å². The molecule has 0 aliphatic rings. The smallest absolute Gasteiger partial charge is 0.492 e. The molecule has 0 spiro atoms. The van der Waals surface area contributed by atoms with Crippen molar-refractivity contribution in [3.8, 4) is 5.75 Å². The Balaban J connectivity index is 3.44. The molecule has 0 fully saturated rings. The molecule has 1 aromatic carbocycles. The van der Waals surface area contributed by atoms with E-state index in [9.17, 15) is 5.11 Å². The maximum atomic E-state index is 9.39. The van der Waals surface area contributed by atoms with E-state index in [0.717, 1.165) is 0 Å². The Hall–Kier alpha value is -0.705. The highest BCUT2D eigenvalue weighted by Crippen LogP contribution is 2.23. The molecule has 0 unspecified atom stereocenters. The van der Waals surface area contributed by atoms with E-state index in [2.05, 4.69) is 0 Å². The molecule has 1 aromatic rings. The second-order valence-electron chi connectivity index (χ2n) is 2.94. The van der Waals surface area contributed by atoms with Crippen LogP contribution in [0.2, 0.25) is 5.02 Å². The van der Waals surface area contributed by atoms with Crippen molar-refractivity contribution < 1.29 is 15.2 Å². The lowest BCUT2D eigenvalue weighted by Crippen LogP contribution is -2.32. The summed E-state index contributed by atoms with van der Waals surface area (Å²) in [4.78, 5) is 0. The third-order valence-corrected chi connectivity index (χ3v) is 2.55. The van der Waals surface area contributed by atoms with Crippen LogP contribution in [0.4, 0.5) is 0 Å². The summed E-state index contributed by atoms with van der Waals surface area (Å²) in [5.41, 5.74) is 1.27. The van der Waals surface area contributed by atoms with Crippen LogP contribution >= 0.6 is 11.6 Å². The lowest BCUT2D eigenvalue weighted by molar-refractivity contribution is 0.419. The standard InChI is InChI=1S/C8H10BClO3/c1-4-3-6(11)7(9(12)13)5(2)8(4)10/h3,11-13H,1-2H3. The molecular formula is C8H10BClO3. The van der Waals surface area contributed by atoms with E-state index in [1.54, 1.807) is 13.8 Å². The van der Waals surface area contributed by atoms with E-state index >= 15 is 0 Å². The number of phenols is 1. The molecule has 0 saturated carbocycles. The van der Waals surface area contributed by atoms with Crippen molar-refractivity contribution in [2.75, 3.05) is 0 Å². The van der Waals surface area contributed by atoms with Crippen LogP contribution in [0.3, 0.4) is 0 Å². The molecule has 3 nitrogen and oxygen atoms in total. The number of aromatic hydroxyl groups is 1. The lowest BCUT2D eigenvalue weighted by atomic mass is 9.76. The summed E-state index contributed by atoms with van der Waals surface area (Å²) in [6.07, 6.45) is 0. The van der Waals surface area contributed by atoms with Gasteiger partial charge in [-0.15, -0.1) is 0 Å². The number of hydrogen-bond donors (Lipinski definition) is 3. The topological polar surface area (TPSA) is 60.7 Å². The van der Waals surface area contributed by atoms with Crippen LogP contribution in [0.1, 0.15) is 11.1 Å². The van der Waals surface area contributed by atoms with Gasteiger partial charge in [-0.25, -0.2) is 0 Å². The van der Waals surface area contributed by atoms with Gasteiger partial charge in [-0.1, -0.05) is 11.6 Å². The van der Waals surface area contributed by atoms with Crippen LogP contribution in [0.25, 0.3) is 0 Å². The van der Waals surface area contributed by atoms with Crippen LogP contribution < -0.4 is 5.46 Å². The Morgan fingerprint density at radius 1 is 1.31 bits per heavy atom. The molecule has 0 aromatic heterocycles. The first-order valence-corrected chi connectivity index (χ1v) is 4.17. The summed E-state index contributed by atoms with van der Waals surface area (Å²) in [5, 5.41) is 27.7. The molecule has 0 saturated heterocycles. The second-order valence-corrected chi connectivity index (χ2v) is 3.32. The molecule has 3 N–H and O–H groups in total. The van der Waals surface area contributed by atoms with Crippen molar-refractivity contribution in [3.63, 3.8) is 0 Å². The first-order valence-electron chi connectivity index (χ1n) is 3.80. The minimum atomic E-state index is -1.70. The van der Waals surface area contributed by atoms with E-state index in [4.69, 9.17) is 21.6 Å². The number of halogens is 1. The monoisotopic (exact) mass is 200 g/mol. The average Bonchev–Trinajstić information content (AvgIpc) is 1.99. The van der Waals surface area contributed by atoms with E-state index in [1.807, 2.05) is 0 Å². The van der Waals surface area contributed by atoms with Gasteiger partial charge in [0.05, 0.1) is 0 Å². The minimum Gasteiger partial charge on any atom is -0.508 e. The Morgan fingerprint density at radius 3 is 2.31 bits per heavy atom. The molecule has 0 atom stereocenters. The highest BCUT2D eigenvalue weighted by atomic mass is 35.5. The quantitative estimate of drug-likeness (QED) is 0.573. The Labute approximate surface area is 81.7 Å². The maximum Gasteiger partial charge on any atom is 0.492 e. The first kappa shape index (κ1) is 10.4. The fraction of sp³-hybridized carbons (Fsp3) is 0.250. The van der Waals surface area contributed by atoms with Gasteiger partial charge in [0.15, 0.2) is 0 Å². The van der Waals surface area contributed by atoms with Crippen molar-refractivity contribution in [2.24, 2.45) is 0 Å². The highest BCUT2D eigenvalue weighted by Gasteiger charge is 2.21. The third-order valence-electron chi connectivity index (χ3n) is 1.97. The second kappa shape index (κ2) is 3.58. The van der Waals surface area contributed by atoms with E-state index < -0.39 is 7.12 Å². The highest BCUT2D eigenvalue weighted by molar-refractivity contribution is 6.60. The van der Waals surface area contributed by atoms with Gasteiger partial charge in [0, 0.05) is 10.5 Å². The Morgan fingerprint density at radius 2 is 1.85 bits per heavy atom. The van der Waals surface area contributed by atoms with Gasteiger partial charge < -0.3 is 15.2 Å². The molecule has 0 amide bonds. The van der Waals surface area contributed by atoms with Crippen molar-refractivity contribution >= 4 is 24.2 Å². The zero-order valence-electron chi connectivity index (χ0n) is 7.37. The number of hydrogen-bond acceptors (Lipinski definition) is 3. The number of phenolic OH excluding ortho intramolecular Hbond substituents is 1. The number of aryl methyl sites for hydroxylation is 1. The molecule has 0 aliphatic carbocycles. The van der Waals surface area contributed by atoms with Crippen LogP contribution in [0, 0.1) is 13.8 Å². The zero-order valence-corrected chi connectivity index (χ0v) is 8.13. The van der Waals surface area contributed by atoms with Crippen molar-refractivity contribution in [1.82, 2.24) is 0 Å². The lowest BCUT2D eigenvalue weighted by Gasteiger charge is -2.11. The average molecular weight is 200 g/mol. The normalized spacial score (nSPS) is 10.2. The van der Waals surface area contributed by atoms with Crippen molar-refractivity contribution in [3.05, 3.63) is 22.2 Å². The molecule has 5 heteroatoms. The number of benzene rings is 1. The predicted molar refractivity (Wildman–Crippen MR) is 52.4 cm³/mol.